The number of fused-ring (bicyclic) bond motifs is 19. The van der Waals surface area contributed by atoms with Crippen LogP contribution in [0.5, 0.6) is 0 Å². The summed E-state index contributed by atoms with van der Waals surface area (Å²) in [5.74, 6) is 0. The fourth-order valence-corrected chi connectivity index (χ4v) is 12.3. The largest absolute Gasteiger partial charge is 0.252 e. The average Bonchev–Trinajstić information content (AvgIpc) is 3.98. The quantitative estimate of drug-likeness (QED) is 0.166. The van der Waals surface area contributed by atoms with Crippen molar-refractivity contribution in [2.75, 3.05) is 0 Å². The summed E-state index contributed by atoms with van der Waals surface area (Å²) in [5.41, 5.74) is 18.6. The molecule has 2 aliphatic rings. The van der Waals surface area contributed by atoms with Crippen LogP contribution in [0.3, 0.4) is 0 Å². The van der Waals surface area contributed by atoms with E-state index in [9.17, 15) is 0 Å². The number of hydrogen-bond donors (Lipinski definition) is 0. The number of rotatable bonds is 3. The summed E-state index contributed by atoms with van der Waals surface area (Å²) in [7, 11) is 0. The molecule has 10 aromatic carbocycles. The van der Waals surface area contributed by atoms with Gasteiger partial charge in [0, 0.05) is 36.5 Å². The predicted molar refractivity (Wildman–Crippen MR) is 260 cm³/mol. The third-order valence-electron chi connectivity index (χ3n) is 13.7. The first-order chi connectivity index (χ1) is 30.7. The first-order valence-electron chi connectivity index (χ1n) is 21.3. The zero-order valence-electron chi connectivity index (χ0n) is 33.4. The Morgan fingerprint density at radius 3 is 1.55 bits per heavy atom. The number of benzene rings is 10. The molecule has 12 aromatic rings. The van der Waals surface area contributed by atoms with Crippen LogP contribution in [0.1, 0.15) is 22.3 Å². The summed E-state index contributed by atoms with van der Waals surface area (Å²) in [5, 5.41) is 7.30. The summed E-state index contributed by atoms with van der Waals surface area (Å²) in [6.45, 7) is 0. The number of nitrogens with zero attached hydrogens (tertiary/aromatic N) is 2. The molecule has 0 aliphatic heterocycles. The van der Waals surface area contributed by atoms with E-state index in [2.05, 4.69) is 200 Å². The van der Waals surface area contributed by atoms with Crippen LogP contribution in [-0.2, 0) is 5.41 Å². The monoisotopic (exact) mass is 802 g/mol. The lowest BCUT2D eigenvalue weighted by Crippen LogP contribution is -2.26. The molecule has 0 fully saturated rings. The molecular formula is C59H34N2S. The van der Waals surface area contributed by atoms with Crippen molar-refractivity contribution in [3.63, 3.8) is 0 Å². The van der Waals surface area contributed by atoms with Crippen molar-refractivity contribution in [1.82, 2.24) is 9.97 Å². The van der Waals surface area contributed by atoms with Crippen molar-refractivity contribution in [3.8, 4) is 55.8 Å². The number of thiophene rings is 1. The minimum atomic E-state index is -0.506. The average molecular weight is 803 g/mol. The first kappa shape index (κ1) is 34.0. The highest BCUT2D eigenvalue weighted by Gasteiger charge is 2.51. The maximum atomic E-state index is 5.45. The van der Waals surface area contributed by atoms with Crippen LogP contribution < -0.4 is 0 Å². The molecule has 14 rings (SSSR count). The van der Waals surface area contributed by atoms with Crippen LogP contribution in [0.15, 0.2) is 206 Å². The second-order valence-corrected chi connectivity index (χ2v) is 17.8. The Bertz CT molecular complexity index is 3790. The SMILES string of the molecule is c1ccc2c(c1)-c1ccccc1C21c2cc(-c3ccc(-c4cccc5c4sc4ccccc45)cc3)ccc2-c2ccc(-c3cnc4c5ccccc5c5ccccc5c4n3)cc21. The van der Waals surface area contributed by atoms with E-state index in [0.717, 1.165) is 33.1 Å². The molecule has 62 heavy (non-hydrogen) atoms. The molecule has 0 N–H and O–H groups in total. The number of hydrogen-bond acceptors (Lipinski definition) is 3. The molecule has 0 unspecified atom stereocenters. The Morgan fingerprint density at radius 2 is 0.839 bits per heavy atom. The van der Waals surface area contributed by atoms with Gasteiger partial charge in [0.15, 0.2) is 0 Å². The standard InChI is InChI=1S/C59H34N2S/c1-3-17-47-40(12-1)41-13-2-4-18-48(41)57-56(47)60-34-54(61-57)38-29-31-45-44-30-28-37(32-52(44)59(53(45)33-38)50-21-8-5-14-42(50)43-15-6-9-22-51(43)59)35-24-26-36(27-25-35)39-19-11-20-49-46-16-7-10-23-55(46)62-58(39)49/h1-34H. The third-order valence-corrected chi connectivity index (χ3v) is 15.0. The highest BCUT2D eigenvalue weighted by molar-refractivity contribution is 7.26. The van der Waals surface area contributed by atoms with E-state index in [0.29, 0.717) is 0 Å². The molecule has 2 aliphatic carbocycles. The van der Waals surface area contributed by atoms with Gasteiger partial charge in [0.05, 0.1) is 28.3 Å². The fraction of sp³-hybridized carbons (Fsp3) is 0.0169. The van der Waals surface area contributed by atoms with Gasteiger partial charge in [0.1, 0.15) is 0 Å². The summed E-state index contributed by atoms with van der Waals surface area (Å²) >= 11 is 1.88. The zero-order chi connectivity index (χ0) is 40.5. The van der Waals surface area contributed by atoms with Crippen LogP contribution in [0.2, 0.25) is 0 Å². The van der Waals surface area contributed by atoms with Gasteiger partial charge in [-0.15, -0.1) is 11.3 Å². The highest BCUT2D eigenvalue weighted by Crippen LogP contribution is 2.63. The molecule has 0 saturated carbocycles. The molecule has 286 valence electrons. The minimum absolute atomic E-state index is 0.506. The molecule has 0 radical (unpaired) electrons. The van der Waals surface area contributed by atoms with Crippen molar-refractivity contribution in [2.45, 2.75) is 5.41 Å². The Hall–Kier alpha value is -7.72. The normalized spacial score (nSPS) is 13.3. The maximum absolute atomic E-state index is 5.45. The van der Waals surface area contributed by atoms with Gasteiger partial charge < -0.3 is 0 Å². The first-order valence-corrected chi connectivity index (χ1v) is 22.1. The lowest BCUT2D eigenvalue weighted by atomic mass is 9.70. The van der Waals surface area contributed by atoms with Gasteiger partial charge in [0.2, 0.25) is 0 Å². The van der Waals surface area contributed by atoms with Gasteiger partial charge in [-0.25, -0.2) is 4.98 Å². The van der Waals surface area contributed by atoms with Crippen molar-refractivity contribution in [2.24, 2.45) is 0 Å². The van der Waals surface area contributed by atoms with Crippen molar-refractivity contribution >= 4 is 64.1 Å². The van der Waals surface area contributed by atoms with E-state index < -0.39 is 5.41 Å². The summed E-state index contributed by atoms with van der Waals surface area (Å²) in [4.78, 5) is 10.6. The van der Waals surface area contributed by atoms with E-state index >= 15 is 0 Å². The van der Waals surface area contributed by atoms with Crippen LogP contribution in [-0.4, -0.2) is 9.97 Å². The summed E-state index contributed by atoms with van der Waals surface area (Å²) < 4.78 is 2.67. The van der Waals surface area contributed by atoms with E-state index in [1.807, 2.05) is 17.5 Å². The third kappa shape index (κ3) is 4.53. The molecule has 2 aromatic heterocycles. The van der Waals surface area contributed by atoms with Gasteiger partial charge in [-0.3, -0.25) is 4.98 Å². The van der Waals surface area contributed by atoms with Crippen LogP contribution in [0.4, 0.5) is 0 Å². The van der Waals surface area contributed by atoms with Crippen LogP contribution >= 0.6 is 11.3 Å². The molecule has 2 heterocycles. The molecule has 1 spiro atoms. The maximum Gasteiger partial charge on any atom is 0.0979 e. The highest BCUT2D eigenvalue weighted by atomic mass is 32.1. The minimum Gasteiger partial charge on any atom is -0.252 e. The van der Waals surface area contributed by atoms with Crippen molar-refractivity contribution in [3.05, 3.63) is 229 Å². The molecular weight excluding hydrogens is 769 g/mol. The van der Waals surface area contributed by atoms with E-state index in [4.69, 9.17) is 9.97 Å². The Balaban J connectivity index is 0.948. The number of aromatic nitrogens is 2. The molecule has 2 nitrogen and oxygen atoms in total. The predicted octanol–water partition coefficient (Wildman–Crippen LogP) is 15.6. The lowest BCUT2D eigenvalue weighted by Gasteiger charge is -2.31. The summed E-state index contributed by atoms with van der Waals surface area (Å²) in [6, 6.07) is 74.0. The van der Waals surface area contributed by atoms with Crippen molar-refractivity contribution < 1.29 is 0 Å². The molecule has 3 heteroatoms. The van der Waals surface area contributed by atoms with Gasteiger partial charge in [0.25, 0.3) is 0 Å². The van der Waals surface area contributed by atoms with Crippen molar-refractivity contribution in [1.29, 1.82) is 0 Å². The van der Waals surface area contributed by atoms with E-state index in [-0.39, 0.29) is 0 Å². The second kappa shape index (κ2) is 12.7. The van der Waals surface area contributed by atoms with Gasteiger partial charge in [-0.2, -0.15) is 0 Å². The Kier molecular flexibility index (Phi) is 6.95. The van der Waals surface area contributed by atoms with Gasteiger partial charge >= 0.3 is 0 Å². The van der Waals surface area contributed by atoms with E-state index in [1.54, 1.807) is 0 Å². The van der Waals surface area contributed by atoms with Crippen LogP contribution in [0.25, 0.3) is 109 Å². The summed E-state index contributed by atoms with van der Waals surface area (Å²) in [6.07, 6.45) is 1.97. The Labute approximate surface area is 362 Å². The smallest absolute Gasteiger partial charge is 0.0979 e. The van der Waals surface area contributed by atoms with E-state index in [1.165, 1.54) is 97.7 Å². The molecule has 0 atom stereocenters. The van der Waals surface area contributed by atoms with Crippen LogP contribution in [0, 0.1) is 0 Å². The van der Waals surface area contributed by atoms with Gasteiger partial charge in [-0.1, -0.05) is 182 Å². The fourth-order valence-electron chi connectivity index (χ4n) is 11.1. The second-order valence-electron chi connectivity index (χ2n) is 16.8. The lowest BCUT2D eigenvalue weighted by molar-refractivity contribution is 0.794. The molecule has 0 amide bonds. The molecule has 0 saturated heterocycles. The topological polar surface area (TPSA) is 25.8 Å². The molecule has 0 bridgehead atoms. The van der Waals surface area contributed by atoms with Gasteiger partial charge in [-0.05, 0) is 95.7 Å². The zero-order valence-corrected chi connectivity index (χ0v) is 34.2. The Morgan fingerprint density at radius 1 is 0.339 bits per heavy atom.